The molecule has 3 heteroatoms. The van der Waals surface area contributed by atoms with Gasteiger partial charge in [0.1, 0.15) is 0 Å². The summed E-state index contributed by atoms with van der Waals surface area (Å²) in [4.78, 5) is 0. The summed E-state index contributed by atoms with van der Waals surface area (Å²) in [6.07, 6.45) is 8.99. The van der Waals surface area contributed by atoms with Crippen molar-refractivity contribution in [2.24, 2.45) is 0 Å². The summed E-state index contributed by atoms with van der Waals surface area (Å²) in [6.45, 7) is 2.30. The van der Waals surface area contributed by atoms with Gasteiger partial charge in [-0.25, -0.2) is 8.78 Å². The summed E-state index contributed by atoms with van der Waals surface area (Å²) in [5, 5.41) is 0. The zero-order valence-corrected chi connectivity index (χ0v) is 20.8. The van der Waals surface area contributed by atoms with E-state index in [0.717, 1.165) is 24.3 Å². The number of hydrogen-bond acceptors (Lipinski definition) is 0. The van der Waals surface area contributed by atoms with Crippen molar-refractivity contribution in [3.8, 4) is 11.1 Å². The molecule has 0 amide bonds. The van der Waals surface area contributed by atoms with Gasteiger partial charge in [-0.2, -0.15) is 0 Å². The maximum Gasteiger partial charge on any atom is 0.159 e. The Bertz CT molecular complexity index is 1000. The van der Waals surface area contributed by atoms with Crippen LogP contribution in [0.25, 0.3) is 11.1 Å². The van der Waals surface area contributed by atoms with Gasteiger partial charge >= 0.3 is 0 Å². The van der Waals surface area contributed by atoms with E-state index in [1.807, 2.05) is 12.1 Å². The zero-order chi connectivity index (χ0) is 23.0. The van der Waals surface area contributed by atoms with Crippen LogP contribution in [-0.4, -0.2) is 8.80 Å². The van der Waals surface area contributed by atoms with Crippen LogP contribution >= 0.6 is 0 Å². The molecule has 1 heterocycles. The van der Waals surface area contributed by atoms with Crippen molar-refractivity contribution >= 4 is 8.80 Å². The molecular formula is C30H35F2Si. The molecule has 33 heavy (non-hydrogen) atoms. The summed E-state index contributed by atoms with van der Waals surface area (Å²) < 4.78 is 26.7. The second-order valence-electron chi connectivity index (χ2n) is 9.55. The first kappa shape index (κ1) is 23.9. The van der Waals surface area contributed by atoms with Crippen LogP contribution in [0.5, 0.6) is 0 Å². The average molecular weight is 462 g/mol. The summed E-state index contributed by atoms with van der Waals surface area (Å²) in [6, 6.07) is 26.1. The lowest BCUT2D eigenvalue weighted by Crippen LogP contribution is -2.20. The van der Waals surface area contributed by atoms with Crippen molar-refractivity contribution in [2.45, 2.75) is 75.9 Å². The first-order valence-electron chi connectivity index (χ1n) is 12.6. The molecule has 4 rings (SSSR count). The normalized spacial score (nSPS) is 15.1. The van der Waals surface area contributed by atoms with Crippen LogP contribution in [0.3, 0.4) is 0 Å². The maximum atomic E-state index is 13.5. The van der Waals surface area contributed by atoms with E-state index in [2.05, 4.69) is 43.3 Å². The molecular weight excluding hydrogens is 426 g/mol. The maximum absolute atomic E-state index is 13.5. The van der Waals surface area contributed by atoms with E-state index in [9.17, 15) is 8.78 Å². The van der Waals surface area contributed by atoms with Gasteiger partial charge in [0.15, 0.2) is 11.6 Å². The zero-order valence-electron chi connectivity index (χ0n) is 19.8. The van der Waals surface area contributed by atoms with Gasteiger partial charge in [0, 0.05) is 8.80 Å². The first-order chi connectivity index (χ1) is 16.1. The summed E-state index contributed by atoms with van der Waals surface area (Å²) >= 11 is 0. The number of hydrogen-bond donors (Lipinski definition) is 0. The molecule has 173 valence electrons. The molecule has 1 fully saturated rings. The molecule has 0 nitrogen and oxygen atoms in total. The quantitative estimate of drug-likeness (QED) is 0.220. The minimum Gasteiger partial charge on any atom is -0.204 e. The fraction of sp³-hybridized carbons (Fsp3) is 0.400. The molecule has 0 bridgehead atoms. The molecule has 0 aromatic heterocycles. The van der Waals surface area contributed by atoms with E-state index >= 15 is 0 Å². The molecule has 0 saturated carbocycles. The second-order valence-corrected chi connectivity index (χ2v) is 12.5. The predicted octanol–water partition coefficient (Wildman–Crippen LogP) is 8.98. The fourth-order valence-corrected chi connectivity index (χ4v) is 8.03. The lowest BCUT2D eigenvalue weighted by atomic mass is 9.92. The molecule has 1 aliphatic rings. The average Bonchev–Trinajstić information content (AvgIpc) is 2.86. The van der Waals surface area contributed by atoms with E-state index < -0.39 is 11.6 Å². The van der Waals surface area contributed by atoms with Gasteiger partial charge in [-0.1, -0.05) is 98.9 Å². The molecule has 1 saturated heterocycles. The Morgan fingerprint density at radius 3 is 1.94 bits per heavy atom. The monoisotopic (exact) mass is 461 g/mol. The van der Waals surface area contributed by atoms with Crippen molar-refractivity contribution in [2.75, 3.05) is 0 Å². The number of rotatable bonds is 9. The van der Waals surface area contributed by atoms with Crippen molar-refractivity contribution in [3.05, 3.63) is 95.1 Å². The highest BCUT2D eigenvalue weighted by Gasteiger charge is 2.23. The van der Waals surface area contributed by atoms with Gasteiger partial charge in [0.05, 0.1) is 0 Å². The van der Waals surface area contributed by atoms with Gasteiger partial charge in [-0.15, -0.1) is 0 Å². The van der Waals surface area contributed by atoms with Crippen molar-refractivity contribution in [3.63, 3.8) is 0 Å². The lowest BCUT2D eigenvalue weighted by Gasteiger charge is -2.28. The van der Waals surface area contributed by atoms with Crippen LogP contribution in [0.1, 0.15) is 61.6 Å². The van der Waals surface area contributed by atoms with E-state index in [0.29, 0.717) is 5.56 Å². The Labute approximate surface area is 199 Å². The van der Waals surface area contributed by atoms with E-state index in [1.165, 1.54) is 79.1 Å². The van der Waals surface area contributed by atoms with Crippen LogP contribution in [-0.2, 0) is 12.8 Å². The fourth-order valence-electron chi connectivity index (χ4n) is 5.02. The van der Waals surface area contributed by atoms with E-state index in [1.54, 1.807) is 6.07 Å². The predicted molar refractivity (Wildman–Crippen MR) is 137 cm³/mol. The third-order valence-corrected chi connectivity index (χ3v) is 10.2. The number of aryl methyl sites for hydroxylation is 2. The third kappa shape index (κ3) is 6.63. The third-order valence-electron chi connectivity index (χ3n) is 7.19. The van der Waals surface area contributed by atoms with Gasteiger partial charge in [0.25, 0.3) is 0 Å². The van der Waals surface area contributed by atoms with Gasteiger partial charge in [-0.05, 0) is 71.6 Å². The van der Waals surface area contributed by atoms with Crippen LogP contribution in [0, 0.1) is 11.6 Å². The number of benzene rings is 3. The minimum atomic E-state index is -0.808. The standard InChI is InChI=1S/C30H35F2Si/c1-2-3-4-19-33-20-17-27(18-21-33)25-11-7-23(8-12-25)5-6-24-9-13-26(14-10-24)28-15-16-29(31)30(32)22-28/h7-16,22,27H,2-6,17-21H2,1H3. The molecule has 0 aliphatic carbocycles. The van der Waals surface area contributed by atoms with E-state index in [-0.39, 0.29) is 8.80 Å². The largest absolute Gasteiger partial charge is 0.204 e. The summed E-state index contributed by atoms with van der Waals surface area (Å²) in [5.74, 6) is -0.845. The van der Waals surface area contributed by atoms with Crippen molar-refractivity contribution < 1.29 is 8.78 Å². The molecule has 0 N–H and O–H groups in total. The first-order valence-corrected chi connectivity index (χ1v) is 14.7. The van der Waals surface area contributed by atoms with Crippen LogP contribution in [0.2, 0.25) is 18.1 Å². The van der Waals surface area contributed by atoms with Gasteiger partial charge in [-0.3, -0.25) is 0 Å². The topological polar surface area (TPSA) is 0 Å². The molecule has 3 aromatic rings. The highest BCUT2D eigenvalue weighted by atomic mass is 28.3. The van der Waals surface area contributed by atoms with Gasteiger partial charge in [0.2, 0.25) is 0 Å². The van der Waals surface area contributed by atoms with Gasteiger partial charge < -0.3 is 0 Å². The highest BCUT2D eigenvalue weighted by molar-refractivity contribution is 6.59. The summed E-state index contributed by atoms with van der Waals surface area (Å²) in [5.41, 5.74) is 5.78. The number of unbranched alkanes of at least 4 members (excludes halogenated alkanes) is 2. The van der Waals surface area contributed by atoms with Crippen molar-refractivity contribution in [1.82, 2.24) is 0 Å². The molecule has 0 atom stereocenters. The van der Waals surface area contributed by atoms with E-state index in [4.69, 9.17) is 0 Å². The smallest absolute Gasteiger partial charge is 0.159 e. The van der Waals surface area contributed by atoms with Crippen molar-refractivity contribution in [1.29, 1.82) is 0 Å². The molecule has 0 unspecified atom stereocenters. The SMILES string of the molecule is CCCCC[Si]1CCC(c2ccc(CCc3ccc(-c4ccc(F)c(F)c4)cc3)cc2)CC1. The molecule has 0 spiro atoms. The second kappa shape index (κ2) is 11.7. The van der Waals surface area contributed by atoms with Crippen LogP contribution < -0.4 is 0 Å². The Balaban J connectivity index is 1.26. The Hall–Kier alpha value is -2.26. The number of halogens is 2. The minimum absolute atomic E-state index is 0.0669. The summed E-state index contributed by atoms with van der Waals surface area (Å²) in [7, 11) is -0.0669. The Morgan fingerprint density at radius 1 is 0.727 bits per heavy atom. The lowest BCUT2D eigenvalue weighted by molar-refractivity contribution is 0.509. The molecule has 1 aliphatic heterocycles. The molecule has 3 aromatic carbocycles. The highest BCUT2D eigenvalue weighted by Crippen LogP contribution is 2.35. The molecule has 1 radical (unpaired) electrons. The Morgan fingerprint density at radius 2 is 1.33 bits per heavy atom. The Kier molecular flexibility index (Phi) is 8.50. The van der Waals surface area contributed by atoms with Crippen LogP contribution in [0.4, 0.5) is 8.78 Å². The van der Waals surface area contributed by atoms with Crippen LogP contribution in [0.15, 0.2) is 66.7 Å².